The molecule has 7 nitrogen and oxygen atoms in total. The fourth-order valence-electron chi connectivity index (χ4n) is 4.41. The number of amides is 2. The number of thiocarbonyl (C=S) groups is 1. The summed E-state index contributed by atoms with van der Waals surface area (Å²) in [5.74, 6) is -0.110. The van der Waals surface area contributed by atoms with Crippen LogP contribution in [0.25, 0.3) is 11.8 Å². The first-order valence-corrected chi connectivity index (χ1v) is 11.5. The van der Waals surface area contributed by atoms with Crippen LogP contribution in [-0.4, -0.2) is 35.7 Å². The van der Waals surface area contributed by atoms with E-state index in [2.05, 4.69) is 41.9 Å². The minimum Gasteiger partial charge on any atom is -0.497 e. The van der Waals surface area contributed by atoms with Crippen LogP contribution in [0.4, 0.5) is 5.69 Å². The number of carbonyl (C=O) groups excluding carboxylic acids is 2. The van der Waals surface area contributed by atoms with E-state index in [1.165, 1.54) is 12.0 Å². The lowest BCUT2D eigenvalue weighted by atomic mass is 10.1. The second-order valence-corrected chi connectivity index (χ2v) is 8.89. The van der Waals surface area contributed by atoms with Gasteiger partial charge in [0.15, 0.2) is 5.11 Å². The Labute approximate surface area is 210 Å². The summed E-state index contributed by atoms with van der Waals surface area (Å²) in [6, 6.07) is 13.3. The molecule has 8 heteroatoms. The number of benzene rings is 2. The average Bonchev–Trinajstić information content (AvgIpc) is 3.08. The Hall–Kier alpha value is -3.91. The Balaban J connectivity index is 1.78. The molecule has 35 heavy (non-hydrogen) atoms. The second kappa shape index (κ2) is 9.38. The van der Waals surface area contributed by atoms with E-state index >= 15 is 0 Å². The Kier molecular flexibility index (Phi) is 6.49. The molecule has 0 spiro atoms. The summed E-state index contributed by atoms with van der Waals surface area (Å²) in [5.41, 5.74) is 6.43. The van der Waals surface area contributed by atoms with E-state index in [1.54, 1.807) is 31.4 Å². The number of carbonyl (C=O) groups is 2. The van der Waals surface area contributed by atoms with Gasteiger partial charge in [-0.25, -0.2) is 4.90 Å². The van der Waals surface area contributed by atoms with Crippen molar-refractivity contribution in [3.8, 4) is 17.2 Å². The van der Waals surface area contributed by atoms with Crippen LogP contribution in [0.2, 0.25) is 0 Å². The van der Waals surface area contributed by atoms with Crippen molar-refractivity contribution in [3.63, 3.8) is 0 Å². The van der Waals surface area contributed by atoms with Crippen molar-refractivity contribution in [2.75, 3.05) is 19.1 Å². The van der Waals surface area contributed by atoms with Gasteiger partial charge >= 0.3 is 0 Å². The van der Waals surface area contributed by atoms with Crippen LogP contribution >= 0.6 is 12.2 Å². The van der Waals surface area contributed by atoms with Gasteiger partial charge in [-0.15, -0.1) is 0 Å². The standard InChI is InChI=1S/C27H27N3O4S/c1-15-9-16(2)11-20(10-15)29-17(3)12-19(18(29)4)13-22-25(31)28-27(35)30(26(22)32)23-8-7-21(33-5)14-24(23)34-6/h7-14H,1-6H3,(H,28,31,35)/b22-13+. The molecule has 1 aromatic heterocycles. The molecule has 0 saturated carbocycles. The molecule has 1 N–H and O–H groups in total. The van der Waals surface area contributed by atoms with E-state index < -0.39 is 11.8 Å². The summed E-state index contributed by atoms with van der Waals surface area (Å²) < 4.78 is 12.8. The van der Waals surface area contributed by atoms with E-state index in [9.17, 15) is 9.59 Å². The summed E-state index contributed by atoms with van der Waals surface area (Å²) >= 11 is 5.34. The van der Waals surface area contributed by atoms with Gasteiger partial charge in [-0.1, -0.05) is 6.07 Å². The van der Waals surface area contributed by atoms with Gasteiger partial charge in [-0.05, 0) is 93.0 Å². The highest BCUT2D eigenvalue weighted by Gasteiger charge is 2.36. The fraction of sp³-hybridized carbons (Fsp3) is 0.222. The van der Waals surface area contributed by atoms with Crippen molar-refractivity contribution in [3.05, 3.63) is 76.1 Å². The molecule has 2 aromatic carbocycles. The number of hydrogen-bond acceptors (Lipinski definition) is 5. The van der Waals surface area contributed by atoms with Crippen LogP contribution in [0.15, 0.2) is 48.0 Å². The lowest BCUT2D eigenvalue weighted by molar-refractivity contribution is -0.122. The molecule has 1 aliphatic rings. The van der Waals surface area contributed by atoms with E-state index in [0.717, 1.165) is 33.8 Å². The van der Waals surface area contributed by atoms with Crippen molar-refractivity contribution >= 4 is 40.9 Å². The number of hydrogen-bond donors (Lipinski definition) is 1. The first kappa shape index (κ1) is 24.2. The maximum atomic E-state index is 13.6. The first-order valence-electron chi connectivity index (χ1n) is 11.1. The molecule has 3 aromatic rings. The summed E-state index contributed by atoms with van der Waals surface area (Å²) in [5, 5.41) is 2.62. The fourth-order valence-corrected chi connectivity index (χ4v) is 4.69. The Morgan fingerprint density at radius 1 is 0.914 bits per heavy atom. The molecule has 180 valence electrons. The molecular formula is C27H27N3O4S. The van der Waals surface area contributed by atoms with E-state index in [1.807, 2.05) is 19.9 Å². The van der Waals surface area contributed by atoms with E-state index in [0.29, 0.717) is 17.2 Å². The molecule has 4 rings (SSSR count). The summed E-state index contributed by atoms with van der Waals surface area (Å²) in [7, 11) is 3.04. The highest BCUT2D eigenvalue weighted by atomic mass is 32.1. The van der Waals surface area contributed by atoms with E-state index in [-0.39, 0.29) is 10.7 Å². The van der Waals surface area contributed by atoms with Crippen LogP contribution in [0.3, 0.4) is 0 Å². The molecule has 1 saturated heterocycles. The SMILES string of the molecule is COc1ccc(N2C(=O)/C(=C/c3cc(C)n(-c4cc(C)cc(C)c4)c3C)C(=O)NC2=S)c(OC)c1. The van der Waals surface area contributed by atoms with Crippen molar-refractivity contribution in [1.29, 1.82) is 0 Å². The zero-order valence-electron chi connectivity index (χ0n) is 20.6. The number of anilines is 1. The van der Waals surface area contributed by atoms with Gasteiger partial charge in [0.2, 0.25) is 0 Å². The van der Waals surface area contributed by atoms with Gasteiger partial charge in [0, 0.05) is 23.1 Å². The van der Waals surface area contributed by atoms with Gasteiger partial charge in [0.1, 0.15) is 17.1 Å². The first-order chi connectivity index (χ1) is 16.6. The topological polar surface area (TPSA) is 72.8 Å². The average molecular weight is 490 g/mol. The molecular weight excluding hydrogens is 462 g/mol. The van der Waals surface area contributed by atoms with Crippen molar-refractivity contribution in [2.45, 2.75) is 27.7 Å². The van der Waals surface area contributed by atoms with Crippen molar-refractivity contribution < 1.29 is 19.1 Å². The molecule has 1 fully saturated rings. The number of ether oxygens (including phenoxy) is 2. The zero-order chi connectivity index (χ0) is 25.4. The number of nitrogens with one attached hydrogen (secondary N) is 1. The summed E-state index contributed by atoms with van der Waals surface area (Å²) in [6.45, 7) is 8.09. The predicted molar refractivity (Wildman–Crippen MR) is 140 cm³/mol. The van der Waals surface area contributed by atoms with Crippen LogP contribution in [-0.2, 0) is 9.59 Å². The van der Waals surface area contributed by atoms with Crippen LogP contribution in [0, 0.1) is 27.7 Å². The normalized spacial score (nSPS) is 15.0. The molecule has 0 bridgehead atoms. The quantitative estimate of drug-likeness (QED) is 0.323. The third-order valence-electron chi connectivity index (χ3n) is 5.96. The smallest absolute Gasteiger partial charge is 0.270 e. The van der Waals surface area contributed by atoms with Crippen LogP contribution < -0.4 is 19.7 Å². The minimum atomic E-state index is -0.542. The number of rotatable bonds is 5. The monoisotopic (exact) mass is 489 g/mol. The highest BCUT2D eigenvalue weighted by Crippen LogP contribution is 2.34. The Bertz CT molecular complexity index is 1380. The lowest BCUT2D eigenvalue weighted by Gasteiger charge is -2.30. The van der Waals surface area contributed by atoms with Crippen molar-refractivity contribution in [2.24, 2.45) is 0 Å². The Morgan fingerprint density at radius 3 is 2.23 bits per heavy atom. The van der Waals surface area contributed by atoms with E-state index in [4.69, 9.17) is 21.7 Å². The number of methoxy groups -OCH3 is 2. The van der Waals surface area contributed by atoms with Crippen molar-refractivity contribution in [1.82, 2.24) is 9.88 Å². The largest absolute Gasteiger partial charge is 0.497 e. The molecule has 0 atom stereocenters. The number of aryl methyl sites for hydroxylation is 3. The highest BCUT2D eigenvalue weighted by molar-refractivity contribution is 7.80. The second-order valence-electron chi connectivity index (χ2n) is 8.50. The third-order valence-corrected chi connectivity index (χ3v) is 6.25. The Morgan fingerprint density at radius 2 is 1.60 bits per heavy atom. The summed E-state index contributed by atoms with van der Waals surface area (Å²) in [4.78, 5) is 27.7. The maximum absolute atomic E-state index is 13.6. The molecule has 0 aliphatic carbocycles. The summed E-state index contributed by atoms with van der Waals surface area (Å²) in [6.07, 6.45) is 1.62. The molecule has 1 aliphatic heterocycles. The minimum absolute atomic E-state index is 0.0127. The van der Waals surface area contributed by atoms with Crippen LogP contribution in [0.1, 0.15) is 28.1 Å². The van der Waals surface area contributed by atoms with Crippen LogP contribution in [0.5, 0.6) is 11.5 Å². The maximum Gasteiger partial charge on any atom is 0.270 e. The van der Waals surface area contributed by atoms with Gasteiger partial charge in [-0.3, -0.25) is 14.9 Å². The molecule has 0 radical (unpaired) electrons. The lowest BCUT2D eigenvalue weighted by Crippen LogP contribution is -2.54. The molecule has 0 unspecified atom stereocenters. The predicted octanol–water partition coefficient (Wildman–Crippen LogP) is 4.56. The third kappa shape index (κ3) is 4.44. The number of nitrogens with zero attached hydrogens (tertiary/aromatic N) is 2. The van der Waals surface area contributed by atoms with Gasteiger partial charge in [0.25, 0.3) is 11.8 Å². The van der Waals surface area contributed by atoms with Gasteiger partial charge in [-0.2, -0.15) is 0 Å². The van der Waals surface area contributed by atoms with Gasteiger partial charge < -0.3 is 14.0 Å². The molecule has 2 heterocycles. The molecule has 2 amide bonds. The number of aromatic nitrogens is 1. The van der Waals surface area contributed by atoms with Gasteiger partial charge in [0.05, 0.1) is 19.9 Å². The zero-order valence-corrected chi connectivity index (χ0v) is 21.4.